The number of halogens is 5. The first-order valence-electron chi connectivity index (χ1n) is 9.36. The molecule has 30 heavy (non-hydrogen) atoms. The Morgan fingerprint density at radius 3 is 2.37 bits per heavy atom. The highest BCUT2D eigenvalue weighted by atomic mass is 19.4. The molecule has 4 nitrogen and oxygen atoms in total. The molecule has 0 saturated carbocycles. The van der Waals surface area contributed by atoms with Crippen LogP contribution < -0.4 is 0 Å². The van der Waals surface area contributed by atoms with Gasteiger partial charge in [0.25, 0.3) is 5.91 Å². The third-order valence-corrected chi connectivity index (χ3v) is 5.25. The molecule has 0 spiro atoms. The molecule has 9 heteroatoms. The van der Waals surface area contributed by atoms with Crippen LogP contribution in [-0.4, -0.2) is 46.9 Å². The van der Waals surface area contributed by atoms with Gasteiger partial charge in [0.2, 0.25) is 0 Å². The maximum Gasteiger partial charge on any atom is 0.416 e. The van der Waals surface area contributed by atoms with Gasteiger partial charge in [0, 0.05) is 55.3 Å². The monoisotopic (exact) mass is 423 g/mol. The zero-order valence-corrected chi connectivity index (χ0v) is 15.8. The van der Waals surface area contributed by atoms with E-state index in [1.165, 1.54) is 24.3 Å². The molecule has 158 valence electrons. The van der Waals surface area contributed by atoms with Crippen LogP contribution in [0.4, 0.5) is 22.0 Å². The number of piperazine rings is 1. The van der Waals surface area contributed by atoms with Crippen LogP contribution in [0.2, 0.25) is 0 Å². The molecule has 1 amide bonds. The summed E-state index contributed by atoms with van der Waals surface area (Å²) in [6.45, 7) is 2.10. The minimum absolute atomic E-state index is 0.224. The molecule has 1 aliphatic heterocycles. The topological polar surface area (TPSA) is 39.3 Å². The summed E-state index contributed by atoms with van der Waals surface area (Å²) >= 11 is 0. The van der Waals surface area contributed by atoms with E-state index in [4.69, 9.17) is 0 Å². The summed E-state index contributed by atoms with van der Waals surface area (Å²) < 4.78 is 65.5. The number of rotatable bonds is 3. The Bertz CT molecular complexity index is 1080. The van der Waals surface area contributed by atoms with Gasteiger partial charge in [-0.25, -0.2) is 8.78 Å². The minimum Gasteiger partial charge on any atom is -0.351 e. The van der Waals surface area contributed by atoms with Crippen LogP contribution in [0.15, 0.2) is 42.5 Å². The van der Waals surface area contributed by atoms with Crippen molar-refractivity contribution in [3.8, 4) is 0 Å². The number of aromatic nitrogens is 1. The number of aromatic amines is 1. The van der Waals surface area contributed by atoms with Gasteiger partial charge in [0.1, 0.15) is 17.3 Å². The molecule has 0 bridgehead atoms. The number of alkyl halides is 3. The predicted octanol–water partition coefficient (Wildman–Crippen LogP) is 4.42. The summed E-state index contributed by atoms with van der Waals surface area (Å²) in [6.07, 6.45) is -4.45. The van der Waals surface area contributed by atoms with Crippen molar-refractivity contribution >= 4 is 16.8 Å². The summed E-state index contributed by atoms with van der Waals surface area (Å²) in [6, 6.07) is 8.17. The quantitative estimate of drug-likeness (QED) is 0.634. The van der Waals surface area contributed by atoms with E-state index in [0.29, 0.717) is 49.2 Å². The third kappa shape index (κ3) is 4.16. The normalized spacial score (nSPS) is 15.7. The summed E-state index contributed by atoms with van der Waals surface area (Å²) in [5, 5.41) is 0.318. The van der Waals surface area contributed by atoms with Gasteiger partial charge in [0.15, 0.2) is 0 Å². The number of nitrogens with zero attached hydrogens (tertiary/aromatic N) is 2. The van der Waals surface area contributed by atoms with Crippen LogP contribution in [-0.2, 0) is 12.7 Å². The van der Waals surface area contributed by atoms with E-state index in [-0.39, 0.29) is 11.6 Å². The molecule has 1 N–H and O–H groups in total. The van der Waals surface area contributed by atoms with E-state index >= 15 is 0 Å². The number of benzene rings is 2. The number of amides is 1. The molecule has 2 heterocycles. The van der Waals surface area contributed by atoms with Crippen molar-refractivity contribution in [3.63, 3.8) is 0 Å². The number of hydrogen-bond donors (Lipinski definition) is 1. The Kier molecular flexibility index (Phi) is 5.23. The highest BCUT2D eigenvalue weighted by Gasteiger charge is 2.31. The zero-order valence-electron chi connectivity index (χ0n) is 15.8. The lowest BCUT2D eigenvalue weighted by atomic mass is 10.1. The predicted molar refractivity (Wildman–Crippen MR) is 101 cm³/mol. The molecule has 0 atom stereocenters. The Morgan fingerprint density at radius 1 is 0.967 bits per heavy atom. The second kappa shape index (κ2) is 7.71. The van der Waals surface area contributed by atoms with E-state index in [0.717, 1.165) is 18.2 Å². The number of carbonyl (C=O) groups is 1. The molecule has 1 aromatic heterocycles. The number of nitrogens with one attached hydrogen (secondary N) is 1. The van der Waals surface area contributed by atoms with E-state index in [1.54, 1.807) is 4.90 Å². The Hall–Kier alpha value is -2.94. The fourth-order valence-corrected chi connectivity index (χ4v) is 3.59. The van der Waals surface area contributed by atoms with Gasteiger partial charge >= 0.3 is 6.18 Å². The van der Waals surface area contributed by atoms with Crippen LogP contribution in [0, 0.1) is 11.6 Å². The number of fused-ring (bicyclic) bond motifs is 1. The average molecular weight is 423 g/mol. The SMILES string of the molecule is O=C(c1cc2cc(C(F)(F)F)ccc2[nH]1)N1CCN(Cc2ccc(F)cc2F)CC1. The van der Waals surface area contributed by atoms with E-state index < -0.39 is 23.4 Å². The molecule has 4 rings (SSSR count). The number of carbonyl (C=O) groups excluding carboxylic acids is 1. The lowest BCUT2D eigenvalue weighted by Crippen LogP contribution is -2.48. The molecular weight excluding hydrogens is 405 g/mol. The zero-order chi connectivity index (χ0) is 21.5. The van der Waals surface area contributed by atoms with Gasteiger partial charge in [-0.2, -0.15) is 13.2 Å². The fourth-order valence-electron chi connectivity index (χ4n) is 3.59. The highest BCUT2D eigenvalue weighted by Crippen LogP contribution is 2.31. The number of hydrogen-bond acceptors (Lipinski definition) is 2. The Morgan fingerprint density at radius 2 is 1.70 bits per heavy atom. The van der Waals surface area contributed by atoms with Crippen LogP contribution >= 0.6 is 0 Å². The summed E-state index contributed by atoms with van der Waals surface area (Å²) in [4.78, 5) is 19.2. The molecule has 0 aliphatic carbocycles. The summed E-state index contributed by atoms with van der Waals surface area (Å²) in [7, 11) is 0. The Labute approximate surface area is 168 Å². The van der Waals surface area contributed by atoms with Gasteiger partial charge in [-0.15, -0.1) is 0 Å². The first-order valence-corrected chi connectivity index (χ1v) is 9.36. The van der Waals surface area contributed by atoms with Gasteiger partial charge < -0.3 is 9.88 Å². The first kappa shape index (κ1) is 20.3. The smallest absolute Gasteiger partial charge is 0.351 e. The highest BCUT2D eigenvalue weighted by molar-refractivity contribution is 5.98. The molecule has 1 aliphatic rings. The van der Waals surface area contributed by atoms with E-state index in [2.05, 4.69) is 4.98 Å². The van der Waals surface area contributed by atoms with Gasteiger partial charge in [-0.3, -0.25) is 9.69 Å². The Balaban J connectivity index is 1.41. The molecule has 0 radical (unpaired) electrons. The maximum absolute atomic E-state index is 13.8. The molecule has 2 aromatic carbocycles. The van der Waals surface area contributed by atoms with Gasteiger partial charge in [-0.1, -0.05) is 6.07 Å². The van der Waals surface area contributed by atoms with Crippen LogP contribution in [0.25, 0.3) is 10.9 Å². The molecular formula is C21H18F5N3O. The lowest BCUT2D eigenvalue weighted by Gasteiger charge is -2.34. The van der Waals surface area contributed by atoms with Crippen LogP contribution in [0.1, 0.15) is 21.6 Å². The summed E-state index contributed by atoms with van der Waals surface area (Å²) in [5.41, 5.74) is 0.293. The standard InChI is InChI=1S/C21H18F5N3O/c22-16-3-1-13(17(23)11-16)12-28-5-7-29(8-6-28)20(30)19-10-14-9-15(21(24,25)26)2-4-18(14)27-19/h1-4,9-11,27H,5-8,12H2. The van der Waals surface area contributed by atoms with E-state index in [9.17, 15) is 26.7 Å². The second-order valence-electron chi connectivity index (χ2n) is 7.29. The molecule has 1 fully saturated rings. The minimum atomic E-state index is -4.45. The largest absolute Gasteiger partial charge is 0.416 e. The fraction of sp³-hybridized carbons (Fsp3) is 0.286. The van der Waals surface area contributed by atoms with Crippen molar-refractivity contribution in [2.75, 3.05) is 26.2 Å². The molecule has 1 saturated heterocycles. The van der Waals surface area contributed by atoms with Gasteiger partial charge in [0.05, 0.1) is 5.56 Å². The van der Waals surface area contributed by atoms with Gasteiger partial charge in [-0.05, 0) is 30.3 Å². The van der Waals surface area contributed by atoms with Crippen molar-refractivity contribution in [1.82, 2.24) is 14.8 Å². The molecule has 0 unspecified atom stereocenters. The van der Waals surface area contributed by atoms with E-state index in [1.807, 2.05) is 4.90 Å². The first-order chi connectivity index (χ1) is 14.2. The van der Waals surface area contributed by atoms with Crippen molar-refractivity contribution in [2.24, 2.45) is 0 Å². The molecule has 3 aromatic rings. The van der Waals surface area contributed by atoms with Crippen molar-refractivity contribution in [3.05, 3.63) is 70.9 Å². The van der Waals surface area contributed by atoms with Crippen LogP contribution in [0.3, 0.4) is 0 Å². The average Bonchev–Trinajstić information content (AvgIpc) is 3.13. The van der Waals surface area contributed by atoms with Crippen molar-refractivity contribution in [2.45, 2.75) is 12.7 Å². The lowest BCUT2D eigenvalue weighted by molar-refractivity contribution is -0.137. The third-order valence-electron chi connectivity index (χ3n) is 5.25. The second-order valence-corrected chi connectivity index (χ2v) is 7.29. The summed E-state index contributed by atoms with van der Waals surface area (Å²) in [5.74, 6) is -1.54. The van der Waals surface area contributed by atoms with Crippen LogP contribution in [0.5, 0.6) is 0 Å². The maximum atomic E-state index is 13.8. The van der Waals surface area contributed by atoms with Crippen molar-refractivity contribution in [1.29, 1.82) is 0 Å². The van der Waals surface area contributed by atoms with Crippen molar-refractivity contribution < 1.29 is 26.7 Å². The number of H-pyrrole nitrogens is 1.